The van der Waals surface area contributed by atoms with Gasteiger partial charge < -0.3 is 56.8 Å². The molecule has 0 aromatic heterocycles. The summed E-state index contributed by atoms with van der Waals surface area (Å²) in [7, 11) is 1.62. The fourth-order valence-corrected chi connectivity index (χ4v) is 10.0. The van der Waals surface area contributed by atoms with E-state index in [0.717, 1.165) is 33.4 Å². The molecule has 0 amide bonds. The molecule has 82 heavy (non-hydrogen) atoms. The highest BCUT2D eigenvalue weighted by Crippen LogP contribution is 2.38. The van der Waals surface area contributed by atoms with Crippen LogP contribution in [0.15, 0.2) is 231 Å². The van der Waals surface area contributed by atoms with E-state index in [0.29, 0.717) is 35.8 Å². The van der Waals surface area contributed by atoms with Crippen LogP contribution in [0.4, 0.5) is 0 Å². The SMILES string of the molecule is COc1ccc(O[C@H]2O[C@H](COCc3ccccc3)[C@H](OCc3ccccc3)[C@H](O[C@@H]3O[C@H](COCc4ccccc4)[C@@H](OCc4ccccc4)[C@H](OCc4ccccc4)[C@H]3OCc3ccccc3C#N)[C@H]2OCc2ccccc2)cc1. The molecule has 0 N–H and O–H groups in total. The third-order valence-electron chi connectivity index (χ3n) is 14.3. The monoisotopic (exact) mass is 1100 g/mol. The van der Waals surface area contributed by atoms with Gasteiger partial charge in [-0.05, 0) is 69.3 Å². The van der Waals surface area contributed by atoms with Crippen molar-refractivity contribution in [1.82, 2.24) is 0 Å². The molecule has 8 aromatic carbocycles. The molecule has 2 fully saturated rings. The first-order valence-corrected chi connectivity index (χ1v) is 27.8. The highest BCUT2D eigenvalue weighted by molar-refractivity contribution is 5.37. The van der Waals surface area contributed by atoms with E-state index in [9.17, 15) is 5.26 Å². The number of benzene rings is 8. The molecule has 2 aliphatic rings. The van der Waals surface area contributed by atoms with Crippen molar-refractivity contribution < 1.29 is 56.8 Å². The predicted molar refractivity (Wildman–Crippen MR) is 308 cm³/mol. The molecule has 0 unspecified atom stereocenters. The van der Waals surface area contributed by atoms with Gasteiger partial charge in [-0.3, -0.25) is 0 Å². The quantitative estimate of drug-likeness (QED) is 0.0461. The van der Waals surface area contributed by atoms with E-state index in [-0.39, 0.29) is 46.2 Å². The van der Waals surface area contributed by atoms with Crippen molar-refractivity contribution in [2.45, 2.75) is 108 Å². The van der Waals surface area contributed by atoms with Gasteiger partial charge in [0, 0.05) is 0 Å². The van der Waals surface area contributed by atoms with E-state index < -0.39 is 61.4 Å². The Morgan fingerprint density at radius 1 is 0.354 bits per heavy atom. The number of hydrogen-bond acceptors (Lipinski definition) is 13. The number of hydrogen-bond donors (Lipinski definition) is 0. The fourth-order valence-electron chi connectivity index (χ4n) is 10.0. The molecule has 0 aliphatic carbocycles. The van der Waals surface area contributed by atoms with Gasteiger partial charge in [-0.2, -0.15) is 5.26 Å². The zero-order chi connectivity index (χ0) is 56.0. The topological polar surface area (TPSA) is 135 Å². The molecular formula is C69H69NO12. The van der Waals surface area contributed by atoms with Crippen LogP contribution in [0, 0.1) is 11.3 Å². The predicted octanol–water partition coefficient (Wildman–Crippen LogP) is 12.1. The number of ether oxygens (including phenoxy) is 12. The normalized spacial score (nSPS) is 22.4. The lowest BCUT2D eigenvalue weighted by atomic mass is 9.95. The molecule has 0 bridgehead atoms. The van der Waals surface area contributed by atoms with E-state index in [2.05, 4.69) is 6.07 Å². The van der Waals surface area contributed by atoms with Crippen LogP contribution in [-0.2, 0) is 93.6 Å². The Hall–Kier alpha value is -7.55. The molecule has 13 nitrogen and oxygen atoms in total. The minimum Gasteiger partial charge on any atom is -0.497 e. The van der Waals surface area contributed by atoms with Crippen LogP contribution in [-0.4, -0.2) is 81.7 Å². The Morgan fingerprint density at radius 2 is 0.707 bits per heavy atom. The molecule has 0 saturated carbocycles. The Balaban J connectivity index is 1.09. The van der Waals surface area contributed by atoms with Gasteiger partial charge in [0.15, 0.2) is 6.29 Å². The summed E-state index contributed by atoms with van der Waals surface area (Å²) in [5.41, 5.74) is 6.84. The van der Waals surface area contributed by atoms with Gasteiger partial charge in [-0.1, -0.05) is 200 Å². The van der Waals surface area contributed by atoms with E-state index >= 15 is 0 Å². The van der Waals surface area contributed by atoms with Crippen LogP contribution >= 0.6 is 0 Å². The Morgan fingerprint density at radius 3 is 1.16 bits per heavy atom. The lowest BCUT2D eigenvalue weighted by Gasteiger charge is -2.50. The molecule has 13 heteroatoms. The number of nitriles is 1. The van der Waals surface area contributed by atoms with Crippen LogP contribution in [0.25, 0.3) is 0 Å². The standard InChI is InChI=1S/C69H69NO12/c1-71-58-36-38-59(39-37-58)79-68-67(77-46-55-32-18-7-19-33-55)65(63(75-44-53-28-14-5-15-29-53)61(80-68)49-73-42-51-24-10-3-11-25-51)82-69-66(78-47-57-35-21-20-34-56(57)40-70)64(76-45-54-30-16-6-17-31-54)62(74-43-52-26-12-4-13-27-52)60(81-69)48-72-41-50-22-8-2-9-23-50/h2-39,60-69H,41-49H2,1H3/t60-,61-,62-,63+,64+,65+,66-,67-,68+,69+/m1/s1. The minimum absolute atomic E-state index is 0.00178. The molecular weight excluding hydrogens is 1030 g/mol. The van der Waals surface area contributed by atoms with E-state index in [1.807, 2.05) is 224 Å². The van der Waals surface area contributed by atoms with Gasteiger partial charge >= 0.3 is 0 Å². The van der Waals surface area contributed by atoms with Crippen molar-refractivity contribution in [3.05, 3.63) is 275 Å². The first-order chi connectivity index (χ1) is 40.6. The maximum Gasteiger partial charge on any atom is 0.229 e. The fraction of sp³-hybridized carbons (Fsp3) is 0.290. The largest absolute Gasteiger partial charge is 0.497 e. The molecule has 2 heterocycles. The average Bonchev–Trinajstić information content (AvgIpc) is 3.72. The van der Waals surface area contributed by atoms with Gasteiger partial charge in [0.2, 0.25) is 6.29 Å². The third kappa shape index (κ3) is 16.3. The van der Waals surface area contributed by atoms with Gasteiger partial charge in [0.1, 0.15) is 60.3 Å². The number of nitrogens with zero attached hydrogens (tertiary/aromatic N) is 1. The molecule has 0 radical (unpaired) electrons. The molecule has 2 aliphatic heterocycles. The third-order valence-corrected chi connectivity index (χ3v) is 14.3. The summed E-state index contributed by atoms with van der Waals surface area (Å²) in [5.74, 6) is 1.16. The first kappa shape index (κ1) is 57.7. The summed E-state index contributed by atoms with van der Waals surface area (Å²) in [6.45, 7) is 1.52. The van der Waals surface area contributed by atoms with Crippen LogP contribution in [0.1, 0.15) is 44.5 Å². The van der Waals surface area contributed by atoms with Gasteiger partial charge in [-0.15, -0.1) is 0 Å². The summed E-state index contributed by atoms with van der Waals surface area (Å²) in [5, 5.41) is 10.4. The van der Waals surface area contributed by atoms with Gasteiger partial charge in [0.25, 0.3) is 0 Å². The van der Waals surface area contributed by atoms with Crippen molar-refractivity contribution in [2.24, 2.45) is 0 Å². The second kappa shape index (κ2) is 30.5. The number of rotatable bonds is 28. The lowest BCUT2D eigenvalue weighted by Crippen LogP contribution is -2.67. The lowest BCUT2D eigenvalue weighted by molar-refractivity contribution is -0.373. The second-order valence-electron chi connectivity index (χ2n) is 20.1. The highest BCUT2D eigenvalue weighted by Gasteiger charge is 2.55. The maximum atomic E-state index is 10.4. The van der Waals surface area contributed by atoms with Crippen molar-refractivity contribution in [1.29, 1.82) is 5.26 Å². The summed E-state index contributed by atoms with van der Waals surface area (Å²) >= 11 is 0. The van der Waals surface area contributed by atoms with Crippen LogP contribution in [0.5, 0.6) is 11.5 Å². The molecule has 422 valence electrons. The van der Waals surface area contributed by atoms with Crippen LogP contribution in [0.2, 0.25) is 0 Å². The van der Waals surface area contributed by atoms with Crippen molar-refractivity contribution in [2.75, 3.05) is 20.3 Å². The molecule has 10 atom stereocenters. The zero-order valence-corrected chi connectivity index (χ0v) is 45.9. The van der Waals surface area contributed by atoms with E-state index in [1.165, 1.54) is 0 Å². The van der Waals surface area contributed by atoms with Gasteiger partial charge in [0.05, 0.1) is 78.2 Å². The van der Waals surface area contributed by atoms with Crippen LogP contribution < -0.4 is 9.47 Å². The summed E-state index contributed by atoms with van der Waals surface area (Å²) in [6.07, 6.45) is -9.54. The first-order valence-electron chi connectivity index (χ1n) is 27.8. The average molecular weight is 1100 g/mol. The van der Waals surface area contributed by atoms with E-state index in [1.54, 1.807) is 13.2 Å². The molecule has 10 rings (SSSR count). The zero-order valence-electron chi connectivity index (χ0n) is 45.9. The minimum atomic E-state index is -1.24. The summed E-state index contributed by atoms with van der Waals surface area (Å²) < 4.78 is 83.3. The second-order valence-corrected chi connectivity index (χ2v) is 20.1. The van der Waals surface area contributed by atoms with Gasteiger partial charge in [-0.25, -0.2) is 0 Å². The smallest absolute Gasteiger partial charge is 0.229 e. The van der Waals surface area contributed by atoms with Crippen molar-refractivity contribution in [3.63, 3.8) is 0 Å². The Kier molecular flexibility index (Phi) is 21.4. The number of methoxy groups -OCH3 is 1. The van der Waals surface area contributed by atoms with Crippen LogP contribution in [0.3, 0.4) is 0 Å². The van der Waals surface area contributed by atoms with Crippen molar-refractivity contribution in [3.8, 4) is 17.6 Å². The molecule has 8 aromatic rings. The maximum absolute atomic E-state index is 10.4. The Bertz CT molecular complexity index is 3120. The Labute approximate surface area is 480 Å². The molecule has 0 spiro atoms. The van der Waals surface area contributed by atoms with Crippen molar-refractivity contribution >= 4 is 0 Å². The van der Waals surface area contributed by atoms with E-state index in [4.69, 9.17) is 56.8 Å². The molecule has 2 saturated heterocycles. The highest BCUT2D eigenvalue weighted by atomic mass is 16.8. The summed E-state index contributed by atoms with van der Waals surface area (Å²) in [6, 6.07) is 76.7. The summed E-state index contributed by atoms with van der Waals surface area (Å²) in [4.78, 5) is 0.